The van der Waals surface area contributed by atoms with Gasteiger partial charge in [0.15, 0.2) is 0 Å². The predicted octanol–water partition coefficient (Wildman–Crippen LogP) is 2.05. The van der Waals surface area contributed by atoms with E-state index in [-0.39, 0.29) is 17.9 Å². The van der Waals surface area contributed by atoms with Gasteiger partial charge in [-0.15, -0.1) is 0 Å². The molecule has 0 aliphatic rings. The summed E-state index contributed by atoms with van der Waals surface area (Å²) in [6.07, 6.45) is 0. The second-order valence-electron chi connectivity index (χ2n) is 4.42. The highest BCUT2D eigenvalue weighted by molar-refractivity contribution is 5.94. The fourth-order valence-corrected chi connectivity index (χ4v) is 1.82. The Morgan fingerprint density at radius 2 is 2.10 bits per heavy atom. The van der Waals surface area contributed by atoms with E-state index in [4.69, 9.17) is 10.5 Å². The number of carbonyl (C=O) groups is 1. The number of rotatable bonds is 4. The third kappa shape index (κ3) is 3.42. The van der Waals surface area contributed by atoms with Gasteiger partial charge in [-0.05, 0) is 30.3 Å². The lowest BCUT2D eigenvalue weighted by atomic mass is 10.1. The molecule has 0 heterocycles. The Morgan fingerprint density at radius 1 is 1.33 bits per heavy atom. The molecular weight excluding hydrogens is 275 g/mol. The van der Waals surface area contributed by atoms with Gasteiger partial charge >= 0.3 is 0 Å². The molecule has 2 aromatic carbocycles. The van der Waals surface area contributed by atoms with E-state index in [9.17, 15) is 14.3 Å². The predicted molar refractivity (Wildman–Crippen MR) is 76.6 cm³/mol. The van der Waals surface area contributed by atoms with E-state index in [2.05, 4.69) is 5.32 Å². The van der Waals surface area contributed by atoms with Gasteiger partial charge in [-0.3, -0.25) is 4.79 Å². The van der Waals surface area contributed by atoms with Crippen LogP contribution in [-0.4, -0.2) is 18.1 Å². The van der Waals surface area contributed by atoms with Crippen molar-refractivity contribution in [1.82, 2.24) is 5.32 Å². The Morgan fingerprint density at radius 3 is 2.76 bits per heavy atom. The largest absolute Gasteiger partial charge is 0.508 e. The first-order valence-corrected chi connectivity index (χ1v) is 6.20. The maximum Gasteiger partial charge on any atom is 0.254 e. The van der Waals surface area contributed by atoms with Crippen LogP contribution in [0.3, 0.4) is 0 Å². The van der Waals surface area contributed by atoms with Gasteiger partial charge in [-0.2, -0.15) is 0 Å². The normalized spacial score (nSPS) is 10.2. The maximum absolute atomic E-state index is 13.7. The first-order valence-electron chi connectivity index (χ1n) is 6.20. The zero-order valence-corrected chi connectivity index (χ0v) is 11.4. The first-order chi connectivity index (χ1) is 10.0. The standard InChI is InChI=1S/C15H15FN2O3/c1-21-11-3-4-12(13(16)7-11)15(20)18-8-9-6-10(17)2-5-14(9)19/h2-7,19H,8,17H2,1H3,(H,18,20). The lowest BCUT2D eigenvalue weighted by molar-refractivity contribution is 0.0946. The van der Waals surface area contributed by atoms with Crippen molar-refractivity contribution in [3.8, 4) is 11.5 Å². The van der Waals surface area contributed by atoms with Crippen LogP contribution in [0.15, 0.2) is 36.4 Å². The summed E-state index contributed by atoms with van der Waals surface area (Å²) in [7, 11) is 1.41. The van der Waals surface area contributed by atoms with E-state index < -0.39 is 11.7 Å². The summed E-state index contributed by atoms with van der Waals surface area (Å²) in [6.45, 7) is 0.0428. The van der Waals surface area contributed by atoms with Crippen LogP contribution in [0.4, 0.5) is 10.1 Å². The smallest absolute Gasteiger partial charge is 0.254 e. The third-order valence-electron chi connectivity index (χ3n) is 2.96. The van der Waals surface area contributed by atoms with E-state index in [1.807, 2.05) is 0 Å². The van der Waals surface area contributed by atoms with E-state index in [1.54, 1.807) is 12.1 Å². The number of carbonyl (C=O) groups excluding carboxylic acids is 1. The van der Waals surface area contributed by atoms with Crippen molar-refractivity contribution in [2.45, 2.75) is 6.54 Å². The number of ether oxygens (including phenoxy) is 1. The highest BCUT2D eigenvalue weighted by atomic mass is 19.1. The average Bonchev–Trinajstić information content (AvgIpc) is 2.47. The van der Waals surface area contributed by atoms with Crippen LogP contribution >= 0.6 is 0 Å². The number of amides is 1. The summed E-state index contributed by atoms with van der Waals surface area (Å²) in [5.41, 5.74) is 6.43. The van der Waals surface area contributed by atoms with Crippen LogP contribution in [0.5, 0.6) is 11.5 Å². The minimum Gasteiger partial charge on any atom is -0.508 e. The van der Waals surface area contributed by atoms with Gasteiger partial charge in [-0.1, -0.05) is 0 Å². The summed E-state index contributed by atoms with van der Waals surface area (Å²) in [6, 6.07) is 8.49. The summed E-state index contributed by atoms with van der Waals surface area (Å²) in [5, 5.41) is 12.2. The minimum atomic E-state index is -0.677. The molecule has 0 aliphatic carbocycles. The van der Waals surface area contributed by atoms with Crippen LogP contribution < -0.4 is 15.8 Å². The fourth-order valence-electron chi connectivity index (χ4n) is 1.82. The highest BCUT2D eigenvalue weighted by Gasteiger charge is 2.13. The lowest BCUT2D eigenvalue weighted by Gasteiger charge is -2.09. The van der Waals surface area contributed by atoms with Crippen LogP contribution in [0.2, 0.25) is 0 Å². The SMILES string of the molecule is COc1ccc(C(=O)NCc2cc(N)ccc2O)c(F)c1. The quantitative estimate of drug-likeness (QED) is 0.594. The number of phenolic OH excluding ortho intramolecular Hbond substituents is 1. The molecular formula is C15H15FN2O3. The topological polar surface area (TPSA) is 84.6 Å². The zero-order chi connectivity index (χ0) is 15.4. The molecule has 5 nitrogen and oxygen atoms in total. The molecule has 0 aliphatic heterocycles. The van der Waals surface area contributed by atoms with E-state index in [0.29, 0.717) is 17.0 Å². The summed E-state index contributed by atoms with van der Waals surface area (Å²) < 4.78 is 18.6. The van der Waals surface area contributed by atoms with Gasteiger partial charge in [0.25, 0.3) is 5.91 Å². The van der Waals surface area contributed by atoms with E-state index >= 15 is 0 Å². The van der Waals surface area contributed by atoms with E-state index in [0.717, 1.165) is 6.07 Å². The Bertz CT molecular complexity index is 674. The number of methoxy groups -OCH3 is 1. The van der Waals surface area contributed by atoms with Crippen LogP contribution in [-0.2, 0) is 6.54 Å². The Labute approximate surface area is 121 Å². The summed E-state index contributed by atoms with van der Waals surface area (Å²) >= 11 is 0. The molecule has 0 unspecified atom stereocenters. The number of nitrogens with one attached hydrogen (secondary N) is 1. The zero-order valence-electron chi connectivity index (χ0n) is 11.4. The highest BCUT2D eigenvalue weighted by Crippen LogP contribution is 2.20. The van der Waals surface area contributed by atoms with Crippen molar-refractivity contribution >= 4 is 11.6 Å². The molecule has 0 atom stereocenters. The number of benzene rings is 2. The van der Waals surface area contributed by atoms with Crippen molar-refractivity contribution < 1.29 is 19.0 Å². The van der Waals surface area contributed by atoms with Crippen molar-refractivity contribution in [3.05, 3.63) is 53.3 Å². The van der Waals surface area contributed by atoms with Gasteiger partial charge in [0.05, 0.1) is 12.7 Å². The van der Waals surface area contributed by atoms with Gasteiger partial charge in [0.2, 0.25) is 0 Å². The number of nitrogen functional groups attached to an aromatic ring is 1. The molecule has 0 saturated heterocycles. The molecule has 0 aromatic heterocycles. The van der Waals surface area contributed by atoms with Gasteiger partial charge in [0, 0.05) is 23.9 Å². The van der Waals surface area contributed by atoms with Crippen molar-refractivity contribution in [2.24, 2.45) is 0 Å². The molecule has 2 rings (SSSR count). The average molecular weight is 290 g/mol. The van der Waals surface area contributed by atoms with Crippen LogP contribution in [0, 0.1) is 5.82 Å². The van der Waals surface area contributed by atoms with Gasteiger partial charge in [0.1, 0.15) is 17.3 Å². The molecule has 0 radical (unpaired) electrons. The Kier molecular flexibility index (Phi) is 4.27. The Balaban J connectivity index is 2.10. The molecule has 1 amide bonds. The molecule has 0 saturated carbocycles. The summed E-state index contributed by atoms with van der Waals surface area (Å²) in [4.78, 5) is 11.9. The van der Waals surface area contributed by atoms with E-state index in [1.165, 1.54) is 25.3 Å². The number of anilines is 1. The number of hydrogen-bond donors (Lipinski definition) is 3. The number of aromatic hydroxyl groups is 1. The molecule has 2 aromatic rings. The van der Waals surface area contributed by atoms with Crippen molar-refractivity contribution in [2.75, 3.05) is 12.8 Å². The molecule has 21 heavy (non-hydrogen) atoms. The second kappa shape index (κ2) is 6.13. The van der Waals surface area contributed by atoms with Crippen molar-refractivity contribution in [3.63, 3.8) is 0 Å². The van der Waals surface area contributed by atoms with Crippen LogP contribution in [0.25, 0.3) is 0 Å². The third-order valence-corrected chi connectivity index (χ3v) is 2.96. The van der Waals surface area contributed by atoms with Gasteiger partial charge < -0.3 is 20.9 Å². The molecule has 110 valence electrons. The van der Waals surface area contributed by atoms with Crippen LogP contribution in [0.1, 0.15) is 15.9 Å². The molecule has 4 N–H and O–H groups in total. The second-order valence-corrected chi connectivity index (χ2v) is 4.42. The molecule has 6 heteroatoms. The molecule has 0 spiro atoms. The number of nitrogens with two attached hydrogens (primary N) is 1. The lowest BCUT2D eigenvalue weighted by Crippen LogP contribution is -2.24. The fraction of sp³-hybridized carbons (Fsp3) is 0.133. The Hall–Kier alpha value is -2.76. The molecule has 0 bridgehead atoms. The molecule has 0 fully saturated rings. The summed E-state index contributed by atoms with van der Waals surface area (Å²) in [5.74, 6) is -0.919. The monoisotopic (exact) mass is 290 g/mol. The first kappa shape index (κ1) is 14.6. The minimum absolute atomic E-state index is 0.0136. The van der Waals surface area contributed by atoms with Gasteiger partial charge in [-0.25, -0.2) is 4.39 Å². The number of halogens is 1. The van der Waals surface area contributed by atoms with Crippen molar-refractivity contribution in [1.29, 1.82) is 0 Å². The number of phenols is 1. The number of hydrogen-bond acceptors (Lipinski definition) is 4. The maximum atomic E-state index is 13.7.